The number of hydrogen-bond acceptors (Lipinski definition) is 4. The minimum absolute atomic E-state index is 0.0167. The van der Waals surface area contributed by atoms with Crippen LogP contribution in [-0.4, -0.2) is 29.7 Å². The van der Waals surface area contributed by atoms with E-state index in [1.807, 2.05) is 13.8 Å². The van der Waals surface area contributed by atoms with Crippen molar-refractivity contribution in [1.29, 1.82) is 0 Å². The number of aryl methyl sites for hydroxylation is 1. The highest BCUT2D eigenvalue weighted by molar-refractivity contribution is 7.91. The van der Waals surface area contributed by atoms with E-state index in [-0.39, 0.29) is 31.8 Å². The molecule has 0 saturated heterocycles. The highest BCUT2D eigenvalue weighted by Gasteiger charge is 2.40. The van der Waals surface area contributed by atoms with Crippen LogP contribution in [0, 0.1) is 0 Å². The lowest BCUT2D eigenvalue weighted by atomic mass is 9.80. The molecule has 0 atom stereocenters. The summed E-state index contributed by atoms with van der Waals surface area (Å²) < 4.78 is 26.3. The Balaban J connectivity index is 2.29. The molecule has 1 aromatic heterocycles. The van der Waals surface area contributed by atoms with Crippen molar-refractivity contribution < 1.29 is 13.2 Å². The van der Waals surface area contributed by atoms with Gasteiger partial charge in [-0.1, -0.05) is 37.0 Å². The number of aromatic nitrogens is 2. The third kappa shape index (κ3) is 2.82. The molecule has 0 amide bonds. The van der Waals surface area contributed by atoms with E-state index in [0.29, 0.717) is 18.5 Å². The summed E-state index contributed by atoms with van der Waals surface area (Å²) in [4.78, 5) is 25.2. The fourth-order valence-corrected chi connectivity index (χ4v) is 6.38. The maximum atomic E-state index is 12.9. The van der Waals surface area contributed by atoms with E-state index >= 15 is 0 Å². The monoisotopic (exact) mass is 416 g/mol. The molecule has 0 fully saturated rings. The van der Waals surface area contributed by atoms with Crippen molar-refractivity contribution in [2.75, 3.05) is 5.75 Å². The fourth-order valence-electron chi connectivity index (χ4n) is 3.25. The average Bonchev–Trinajstić information content (AvgIpc) is 2.93. The normalized spacial score (nSPS) is 17.7. The standard InChI is InChI=1S/C17H18Cl2N2O4S/c1-4-21-16(23)10(8-20-21)14(22)9-7-11(18)15-12(13(9)19)17(2,3)5-6-26(15,24)25/h7-8,20H,4-6H2,1-3H3. The van der Waals surface area contributed by atoms with Gasteiger partial charge in [0.25, 0.3) is 5.56 Å². The molecule has 26 heavy (non-hydrogen) atoms. The van der Waals surface area contributed by atoms with Crippen LogP contribution >= 0.6 is 23.2 Å². The van der Waals surface area contributed by atoms with E-state index < -0.39 is 26.6 Å². The first kappa shape index (κ1) is 19.2. The Morgan fingerprint density at radius 1 is 1.31 bits per heavy atom. The second-order valence-corrected chi connectivity index (χ2v) is 9.77. The van der Waals surface area contributed by atoms with Crippen LogP contribution in [0.1, 0.15) is 48.7 Å². The van der Waals surface area contributed by atoms with Crippen molar-refractivity contribution in [3.05, 3.63) is 49.4 Å². The molecule has 1 aliphatic rings. The zero-order valence-electron chi connectivity index (χ0n) is 14.5. The van der Waals surface area contributed by atoms with Crippen LogP contribution < -0.4 is 5.56 Å². The van der Waals surface area contributed by atoms with Crippen LogP contribution in [0.3, 0.4) is 0 Å². The number of ketones is 1. The van der Waals surface area contributed by atoms with Crippen molar-refractivity contribution in [3.63, 3.8) is 0 Å². The molecule has 1 N–H and O–H groups in total. The molecule has 140 valence electrons. The molecular formula is C17H18Cl2N2O4S. The van der Waals surface area contributed by atoms with Crippen LogP contribution in [-0.2, 0) is 21.8 Å². The van der Waals surface area contributed by atoms with Gasteiger partial charge < -0.3 is 5.10 Å². The molecule has 0 radical (unpaired) electrons. The number of carbonyl (C=O) groups excluding carboxylic acids is 1. The molecule has 6 nitrogen and oxygen atoms in total. The van der Waals surface area contributed by atoms with Crippen molar-refractivity contribution in [2.45, 2.75) is 44.0 Å². The summed E-state index contributed by atoms with van der Waals surface area (Å²) in [7, 11) is -3.58. The quantitative estimate of drug-likeness (QED) is 0.777. The van der Waals surface area contributed by atoms with Crippen LogP contribution in [0.25, 0.3) is 0 Å². The van der Waals surface area contributed by atoms with Gasteiger partial charge in [0.1, 0.15) is 5.56 Å². The fraction of sp³-hybridized carbons (Fsp3) is 0.412. The summed E-state index contributed by atoms with van der Waals surface area (Å²) in [6.45, 7) is 5.87. The first-order valence-electron chi connectivity index (χ1n) is 8.09. The molecule has 2 aromatic rings. The van der Waals surface area contributed by atoms with Gasteiger partial charge in [-0.25, -0.2) is 8.42 Å². The molecule has 0 saturated carbocycles. The number of nitrogens with one attached hydrogen (secondary N) is 1. The van der Waals surface area contributed by atoms with Gasteiger partial charge in [0.15, 0.2) is 9.84 Å². The Morgan fingerprint density at radius 2 is 1.96 bits per heavy atom. The van der Waals surface area contributed by atoms with Crippen LogP contribution in [0.2, 0.25) is 10.0 Å². The molecule has 9 heteroatoms. The molecule has 1 aromatic carbocycles. The van der Waals surface area contributed by atoms with Gasteiger partial charge in [0.2, 0.25) is 5.78 Å². The number of nitrogens with zero attached hydrogens (tertiary/aromatic N) is 1. The molecule has 0 unspecified atom stereocenters. The van der Waals surface area contributed by atoms with Gasteiger partial charge in [-0.2, -0.15) is 0 Å². The summed E-state index contributed by atoms with van der Waals surface area (Å²) in [5.41, 5.74) is -0.734. The minimum atomic E-state index is -3.58. The lowest BCUT2D eigenvalue weighted by molar-refractivity contribution is 0.103. The Bertz CT molecular complexity index is 1080. The maximum absolute atomic E-state index is 12.9. The Hall–Kier alpha value is -1.57. The SMILES string of the molecule is CCn1[nH]cc(C(=O)c2cc(Cl)c3c(c2Cl)C(C)(C)CCS3(=O)=O)c1=O. The van der Waals surface area contributed by atoms with E-state index in [0.717, 1.165) is 0 Å². The summed E-state index contributed by atoms with van der Waals surface area (Å²) in [6.07, 6.45) is 1.68. The highest BCUT2D eigenvalue weighted by atomic mass is 35.5. The van der Waals surface area contributed by atoms with E-state index in [4.69, 9.17) is 23.2 Å². The van der Waals surface area contributed by atoms with Gasteiger partial charge in [-0.05, 0) is 30.4 Å². The third-order valence-electron chi connectivity index (χ3n) is 4.80. The summed E-state index contributed by atoms with van der Waals surface area (Å²) in [6, 6.07) is 1.24. The number of carbonyl (C=O) groups is 1. The number of aromatic amines is 1. The molecule has 0 spiro atoms. The van der Waals surface area contributed by atoms with E-state index in [9.17, 15) is 18.0 Å². The van der Waals surface area contributed by atoms with Crippen LogP contribution in [0.15, 0.2) is 22.0 Å². The van der Waals surface area contributed by atoms with E-state index in [1.165, 1.54) is 16.9 Å². The van der Waals surface area contributed by atoms with Crippen LogP contribution in [0.5, 0.6) is 0 Å². The van der Waals surface area contributed by atoms with Gasteiger partial charge in [-0.15, -0.1) is 0 Å². The molecule has 1 aliphatic heterocycles. The lowest BCUT2D eigenvalue weighted by Crippen LogP contribution is -2.32. The largest absolute Gasteiger partial charge is 0.302 e. The predicted octanol–water partition coefficient (Wildman–Crippen LogP) is 3.19. The number of H-pyrrole nitrogens is 1. The van der Waals surface area contributed by atoms with E-state index in [2.05, 4.69) is 5.10 Å². The van der Waals surface area contributed by atoms with Crippen molar-refractivity contribution >= 4 is 38.8 Å². The van der Waals surface area contributed by atoms with Gasteiger partial charge in [0.05, 0.1) is 20.7 Å². The molecule has 2 heterocycles. The second-order valence-electron chi connectivity index (χ2n) is 6.94. The number of halogens is 2. The van der Waals surface area contributed by atoms with Crippen molar-refractivity contribution in [2.24, 2.45) is 0 Å². The highest BCUT2D eigenvalue weighted by Crippen LogP contribution is 2.46. The summed E-state index contributed by atoms with van der Waals surface area (Å²) in [5, 5.41) is 2.70. The number of rotatable bonds is 3. The summed E-state index contributed by atoms with van der Waals surface area (Å²) in [5.74, 6) is -0.623. The second kappa shape index (κ2) is 6.25. The number of benzene rings is 1. The number of fused-ring (bicyclic) bond motifs is 1. The predicted molar refractivity (Wildman–Crippen MR) is 100 cm³/mol. The van der Waals surface area contributed by atoms with Crippen molar-refractivity contribution in [1.82, 2.24) is 9.78 Å². The van der Waals surface area contributed by atoms with Crippen LogP contribution in [0.4, 0.5) is 0 Å². The summed E-state index contributed by atoms with van der Waals surface area (Å²) >= 11 is 12.7. The van der Waals surface area contributed by atoms with Gasteiger partial charge in [-0.3, -0.25) is 14.3 Å². The third-order valence-corrected chi connectivity index (χ3v) is 7.39. The smallest absolute Gasteiger partial charge is 0.277 e. The Kier molecular flexibility index (Phi) is 4.61. The molecule has 0 aliphatic carbocycles. The molecule has 0 bridgehead atoms. The van der Waals surface area contributed by atoms with Crippen molar-refractivity contribution in [3.8, 4) is 0 Å². The number of hydrogen-bond donors (Lipinski definition) is 1. The first-order chi connectivity index (χ1) is 12.0. The topological polar surface area (TPSA) is 89.0 Å². The van der Waals surface area contributed by atoms with E-state index in [1.54, 1.807) is 6.92 Å². The minimum Gasteiger partial charge on any atom is -0.302 e. The van der Waals surface area contributed by atoms with Gasteiger partial charge in [0, 0.05) is 18.3 Å². The van der Waals surface area contributed by atoms with Gasteiger partial charge >= 0.3 is 0 Å². The zero-order chi connectivity index (χ0) is 19.4. The Labute approximate surface area is 161 Å². The lowest BCUT2D eigenvalue weighted by Gasteiger charge is -2.34. The first-order valence-corrected chi connectivity index (χ1v) is 10.5. The zero-order valence-corrected chi connectivity index (χ0v) is 16.8. The molecule has 3 rings (SSSR count). The average molecular weight is 417 g/mol. The number of sulfone groups is 1. The Morgan fingerprint density at radius 3 is 2.54 bits per heavy atom. The molecular weight excluding hydrogens is 399 g/mol. The maximum Gasteiger partial charge on any atom is 0.277 e.